The van der Waals surface area contributed by atoms with Crippen molar-refractivity contribution in [2.24, 2.45) is 0 Å². The summed E-state index contributed by atoms with van der Waals surface area (Å²) in [6.07, 6.45) is 3.25. The lowest BCUT2D eigenvalue weighted by molar-refractivity contribution is -0.102. The standard InChI is InChI=1S/C25H31N3O3/c1-30-24(31-2)17-23-22(18-26-28(23)21-11-7-4-8-12-21)25(29)13-15-27(16-14-25)19-20-9-5-3-6-10-20/h3-12,18,24,29H,13-17,19H2,1-2H3. The molecule has 0 bridgehead atoms. The Bertz CT molecular complexity index is 947. The van der Waals surface area contributed by atoms with Crippen LogP contribution in [0.3, 0.4) is 0 Å². The number of likely N-dealkylation sites (tertiary alicyclic amines) is 1. The Kier molecular flexibility index (Phi) is 6.83. The average molecular weight is 422 g/mol. The Morgan fingerprint density at radius 2 is 1.58 bits per heavy atom. The van der Waals surface area contributed by atoms with Crippen molar-refractivity contribution in [3.8, 4) is 5.69 Å². The molecule has 6 heteroatoms. The van der Waals surface area contributed by atoms with Crippen molar-refractivity contribution in [2.75, 3.05) is 27.3 Å². The predicted molar refractivity (Wildman–Crippen MR) is 120 cm³/mol. The number of nitrogens with zero attached hydrogens (tertiary/aromatic N) is 3. The molecule has 1 N–H and O–H groups in total. The summed E-state index contributed by atoms with van der Waals surface area (Å²) in [4.78, 5) is 2.40. The zero-order valence-corrected chi connectivity index (χ0v) is 18.3. The fraction of sp³-hybridized carbons (Fsp3) is 0.400. The highest BCUT2D eigenvalue weighted by Crippen LogP contribution is 2.36. The third-order valence-corrected chi connectivity index (χ3v) is 6.19. The van der Waals surface area contributed by atoms with E-state index >= 15 is 0 Å². The summed E-state index contributed by atoms with van der Waals surface area (Å²) in [6.45, 7) is 2.57. The first-order chi connectivity index (χ1) is 15.1. The molecule has 2 aromatic carbocycles. The highest BCUT2D eigenvalue weighted by molar-refractivity contribution is 5.37. The fourth-order valence-electron chi connectivity index (χ4n) is 4.36. The van der Waals surface area contributed by atoms with Crippen LogP contribution >= 0.6 is 0 Å². The van der Waals surface area contributed by atoms with Gasteiger partial charge in [-0.25, -0.2) is 4.68 Å². The number of rotatable bonds is 8. The Hall–Kier alpha value is -2.51. The van der Waals surface area contributed by atoms with Gasteiger partial charge in [-0.15, -0.1) is 0 Å². The summed E-state index contributed by atoms with van der Waals surface area (Å²) in [5.41, 5.74) is 3.14. The largest absolute Gasteiger partial charge is 0.385 e. The van der Waals surface area contributed by atoms with E-state index in [0.29, 0.717) is 19.3 Å². The van der Waals surface area contributed by atoms with Crippen molar-refractivity contribution >= 4 is 0 Å². The van der Waals surface area contributed by atoms with Gasteiger partial charge in [-0.1, -0.05) is 48.5 Å². The number of aliphatic hydroxyl groups is 1. The molecule has 0 atom stereocenters. The number of benzene rings is 2. The fourth-order valence-corrected chi connectivity index (χ4v) is 4.36. The van der Waals surface area contributed by atoms with Crippen LogP contribution < -0.4 is 0 Å². The summed E-state index contributed by atoms with van der Waals surface area (Å²) in [7, 11) is 3.27. The molecule has 0 unspecified atom stereocenters. The average Bonchev–Trinajstić information content (AvgIpc) is 3.25. The molecule has 1 aliphatic rings. The van der Waals surface area contributed by atoms with Gasteiger partial charge < -0.3 is 14.6 Å². The molecule has 1 aliphatic heterocycles. The number of aromatic nitrogens is 2. The van der Waals surface area contributed by atoms with Crippen LogP contribution in [-0.2, 0) is 28.0 Å². The molecule has 3 aromatic rings. The summed E-state index contributed by atoms with van der Waals surface area (Å²) >= 11 is 0. The first-order valence-corrected chi connectivity index (χ1v) is 10.8. The highest BCUT2D eigenvalue weighted by atomic mass is 16.7. The number of para-hydroxylation sites is 1. The Morgan fingerprint density at radius 3 is 2.19 bits per heavy atom. The normalized spacial score (nSPS) is 16.6. The maximum Gasteiger partial charge on any atom is 0.162 e. The molecule has 31 heavy (non-hydrogen) atoms. The minimum Gasteiger partial charge on any atom is -0.385 e. The Balaban J connectivity index is 1.57. The van der Waals surface area contributed by atoms with Gasteiger partial charge in [0.05, 0.1) is 23.2 Å². The van der Waals surface area contributed by atoms with Crippen molar-refractivity contribution < 1.29 is 14.6 Å². The molecule has 1 saturated heterocycles. The van der Waals surface area contributed by atoms with Crippen molar-refractivity contribution in [3.63, 3.8) is 0 Å². The zero-order chi connectivity index (χ0) is 21.7. The number of methoxy groups -OCH3 is 2. The third kappa shape index (κ3) is 4.88. The van der Waals surface area contributed by atoms with Gasteiger partial charge in [0.2, 0.25) is 0 Å². The molecule has 4 rings (SSSR count). The number of hydrogen-bond donors (Lipinski definition) is 1. The van der Waals surface area contributed by atoms with Gasteiger partial charge in [0.25, 0.3) is 0 Å². The molecule has 1 aromatic heterocycles. The summed E-state index contributed by atoms with van der Waals surface area (Å²) in [5, 5.41) is 16.3. The Labute approximate surface area is 184 Å². The molecule has 0 aliphatic carbocycles. The van der Waals surface area contributed by atoms with Crippen LogP contribution in [0.15, 0.2) is 66.9 Å². The lowest BCUT2D eigenvalue weighted by atomic mass is 9.84. The van der Waals surface area contributed by atoms with Gasteiger partial charge in [-0.2, -0.15) is 5.10 Å². The van der Waals surface area contributed by atoms with Gasteiger partial charge in [0.15, 0.2) is 6.29 Å². The van der Waals surface area contributed by atoms with E-state index in [9.17, 15) is 5.11 Å². The summed E-state index contributed by atoms with van der Waals surface area (Å²) in [6, 6.07) is 20.5. The first-order valence-electron chi connectivity index (χ1n) is 10.8. The first kappa shape index (κ1) is 21.7. The van der Waals surface area contributed by atoms with Gasteiger partial charge in [0, 0.05) is 45.8 Å². The molecule has 0 spiro atoms. The molecule has 1 fully saturated rings. The predicted octanol–water partition coefficient (Wildman–Crippen LogP) is 3.52. The lowest BCUT2D eigenvalue weighted by Crippen LogP contribution is -2.42. The topological polar surface area (TPSA) is 59.8 Å². The van der Waals surface area contributed by atoms with Gasteiger partial charge in [0.1, 0.15) is 0 Å². The second-order valence-electron chi connectivity index (χ2n) is 8.15. The molecule has 0 saturated carbocycles. The van der Waals surface area contributed by atoms with Crippen molar-refractivity contribution in [1.82, 2.24) is 14.7 Å². The van der Waals surface area contributed by atoms with Crippen LogP contribution in [0.2, 0.25) is 0 Å². The maximum absolute atomic E-state index is 11.7. The second kappa shape index (κ2) is 9.75. The van der Waals surface area contributed by atoms with Crippen LogP contribution in [0.1, 0.15) is 29.7 Å². The minimum absolute atomic E-state index is 0.403. The zero-order valence-electron chi connectivity index (χ0n) is 18.3. The van der Waals surface area contributed by atoms with Gasteiger partial charge >= 0.3 is 0 Å². The van der Waals surface area contributed by atoms with E-state index in [-0.39, 0.29) is 0 Å². The van der Waals surface area contributed by atoms with E-state index in [0.717, 1.165) is 36.6 Å². The SMILES string of the molecule is COC(Cc1c(C2(O)CCN(Cc3ccccc3)CC2)cnn1-c1ccccc1)OC. The molecule has 6 nitrogen and oxygen atoms in total. The number of hydrogen-bond acceptors (Lipinski definition) is 5. The van der Waals surface area contributed by atoms with Gasteiger partial charge in [-0.05, 0) is 30.5 Å². The molecular formula is C25H31N3O3. The quantitative estimate of drug-likeness (QED) is 0.564. The molecule has 0 radical (unpaired) electrons. The van der Waals surface area contributed by atoms with Crippen LogP contribution in [0.5, 0.6) is 0 Å². The number of piperidine rings is 1. The molecular weight excluding hydrogens is 390 g/mol. The van der Waals surface area contributed by atoms with E-state index < -0.39 is 11.9 Å². The molecule has 0 amide bonds. The molecule has 164 valence electrons. The van der Waals surface area contributed by atoms with Crippen molar-refractivity contribution in [3.05, 3.63) is 83.7 Å². The summed E-state index contributed by atoms with van der Waals surface area (Å²) < 4.78 is 12.8. The van der Waals surface area contributed by atoms with E-state index in [1.807, 2.05) is 47.3 Å². The van der Waals surface area contributed by atoms with E-state index in [4.69, 9.17) is 9.47 Å². The van der Waals surface area contributed by atoms with Crippen LogP contribution in [0, 0.1) is 0 Å². The highest BCUT2D eigenvalue weighted by Gasteiger charge is 2.38. The van der Waals surface area contributed by atoms with Crippen LogP contribution in [0.25, 0.3) is 5.69 Å². The summed E-state index contributed by atoms with van der Waals surface area (Å²) in [5.74, 6) is 0. The third-order valence-electron chi connectivity index (χ3n) is 6.19. The Morgan fingerprint density at radius 1 is 0.968 bits per heavy atom. The maximum atomic E-state index is 11.7. The number of ether oxygens (including phenoxy) is 2. The smallest absolute Gasteiger partial charge is 0.162 e. The van der Waals surface area contributed by atoms with Crippen molar-refractivity contribution in [1.29, 1.82) is 0 Å². The van der Waals surface area contributed by atoms with Crippen molar-refractivity contribution in [2.45, 2.75) is 37.7 Å². The van der Waals surface area contributed by atoms with Gasteiger partial charge in [-0.3, -0.25) is 4.90 Å². The van der Waals surface area contributed by atoms with E-state index in [2.05, 4.69) is 34.3 Å². The minimum atomic E-state index is -0.915. The lowest BCUT2D eigenvalue weighted by Gasteiger charge is -2.38. The van der Waals surface area contributed by atoms with E-state index in [1.165, 1.54) is 5.56 Å². The monoisotopic (exact) mass is 421 g/mol. The van der Waals surface area contributed by atoms with E-state index in [1.54, 1.807) is 14.2 Å². The van der Waals surface area contributed by atoms with Crippen LogP contribution in [0.4, 0.5) is 0 Å². The van der Waals surface area contributed by atoms with Crippen LogP contribution in [-0.4, -0.2) is 53.4 Å². The second-order valence-corrected chi connectivity index (χ2v) is 8.15. The molecule has 2 heterocycles.